The van der Waals surface area contributed by atoms with Gasteiger partial charge in [-0.1, -0.05) is 42.5 Å². The number of dihydropyridines is 1. The topological polar surface area (TPSA) is 129 Å². The molecule has 1 unspecified atom stereocenters. The Balaban J connectivity index is 1.47. The summed E-state index contributed by atoms with van der Waals surface area (Å²) in [6.07, 6.45) is 7.35. The number of carboxylic acids is 2. The summed E-state index contributed by atoms with van der Waals surface area (Å²) >= 11 is 1.63. The van der Waals surface area contributed by atoms with Crippen LogP contribution in [-0.2, 0) is 9.59 Å². The van der Waals surface area contributed by atoms with Crippen molar-refractivity contribution in [3.05, 3.63) is 144 Å². The van der Waals surface area contributed by atoms with Crippen LogP contribution in [0.1, 0.15) is 18.7 Å². The molecule has 3 heterocycles. The first-order valence-corrected chi connectivity index (χ1v) is 13.9. The van der Waals surface area contributed by atoms with Gasteiger partial charge in [0.15, 0.2) is 0 Å². The van der Waals surface area contributed by atoms with Gasteiger partial charge in [-0.3, -0.25) is 4.98 Å². The monoisotopic (exact) mass is 576 g/mol. The number of aliphatic carboxylic acids is 2. The van der Waals surface area contributed by atoms with Gasteiger partial charge >= 0.3 is 11.9 Å². The molecule has 9 heteroatoms. The largest absolute Gasteiger partial charge is 0.478 e. The van der Waals surface area contributed by atoms with Gasteiger partial charge in [-0.05, 0) is 79.2 Å². The van der Waals surface area contributed by atoms with Gasteiger partial charge in [0.25, 0.3) is 0 Å². The van der Waals surface area contributed by atoms with Crippen LogP contribution in [0.2, 0.25) is 0 Å². The fraction of sp³-hybridized carbons (Fsp3) is 0.0606. The molecular weight excluding hydrogens is 548 g/mol. The van der Waals surface area contributed by atoms with E-state index in [2.05, 4.69) is 51.6 Å². The standard InChI is InChI=1S/C33H28N4O4S/c1-2-21(32(38)39)17-26(34)27-19-23(33(40)41)20-29(36-27)28-18-22(15-16-35-28)30-13-14-31(42-30)37(24-9-5-3-6-10-24)25-11-7-4-8-12-25/h2-20,29,36H,34H2,1H3,(H,38,39)(H,40,41)/b21-2+,26-17-. The lowest BCUT2D eigenvalue weighted by Gasteiger charge is -2.24. The summed E-state index contributed by atoms with van der Waals surface area (Å²) in [7, 11) is 0. The minimum atomic E-state index is -1.13. The predicted octanol–water partition coefficient (Wildman–Crippen LogP) is 6.69. The zero-order valence-electron chi connectivity index (χ0n) is 22.6. The lowest BCUT2D eigenvalue weighted by Crippen LogP contribution is -2.28. The van der Waals surface area contributed by atoms with Crippen LogP contribution in [0.5, 0.6) is 0 Å². The van der Waals surface area contributed by atoms with Crippen molar-refractivity contribution in [3.8, 4) is 10.4 Å². The molecule has 0 radical (unpaired) electrons. The Hall–Kier alpha value is -5.41. The molecule has 5 rings (SSSR count). The number of hydrogen-bond donors (Lipinski definition) is 4. The molecule has 0 fully saturated rings. The molecule has 210 valence electrons. The lowest BCUT2D eigenvalue weighted by atomic mass is 10.00. The fourth-order valence-electron chi connectivity index (χ4n) is 4.54. The van der Waals surface area contributed by atoms with E-state index in [0.717, 1.165) is 26.8 Å². The minimum absolute atomic E-state index is 0.00755. The van der Waals surface area contributed by atoms with Crippen molar-refractivity contribution >= 4 is 39.7 Å². The fourth-order valence-corrected chi connectivity index (χ4v) is 5.58. The number of carboxylic acid groups (broad SMARTS) is 2. The third-order valence-electron chi connectivity index (χ3n) is 6.61. The summed E-state index contributed by atoms with van der Waals surface area (Å²) < 4.78 is 0. The van der Waals surface area contributed by atoms with E-state index in [1.54, 1.807) is 30.5 Å². The summed E-state index contributed by atoms with van der Waals surface area (Å²) in [6.45, 7) is 1.59. The van der Waals surface area contributed by atoms with Crippen LogP contribution in [0, 0.1) is 0 Å². The van der Waals surface area contributed by atoms with Crippen molar-refractivity contribution < 1.29 is 19.8 Å². The maximum atomic E-state index is 11.9. The number of carbonyl (C=O) groups is 2. The molecule has 1 atom stereocenters. The Morgan fingerprint density at radius 3 is 2.24 bits per heavy atom. The average molecular weight is 577 g/mol. The van der Waals surface area contributed by atoms with E-state index in [4.69, 9.17) is 5.73 Å². The van der Waals surface area contributed by atoms with Crippen molar-refractivity contribution in [2.45, 2.75) is 13.0 Å². The number of benzene rings is 2. The van der Waals surface area contributed by atoms with Crippen LogP contribution in [-0.4, -0.2) is 27.1 Å². The molecule has 0 aliphatic carbocycles. The van der Waals surface area contributed by atoms with Gasteiger partial charge in [0.1, 0.15) is 5.00 Å². The lowest BCUT2D eigenvalue weighted by molar-refractivity contribution is -0.133. The summed E-state index contributed by atoms with van der Waals surface area (Å²) in [6, 6.07) is 27.7. The van der Waals surface area contributed by atoms with E-state index in [1.807, 2.05) is 48.5 Å². The first kappa shape index (κ1) is 28.1. The number of aromatic nitrogens is 1. The molecule has 1 aliphatic heterocycles. The number of hydrogen-bond acceptors (Lipinski definition) is 7. The highest BCUT2D eigenvalue weighted by Gasteiger charge is 2.23. The van der Waals surface area contributed by atoms with Crippen LogP contribution in [0.4, 0.5) is 16.4 Å². The Bertz CT molecular complexity index is 1700. The van der Waals surface area contributed by atoms with Gasteiger partial charge in [-0.15, -0.1) is 11.3 Å². The average Bonchev–Trinajstić information content (AvgIpc) is 3.50. The number of allylic oxidation sites excluding steroid dienone is 1. The molecule has 0 bridgehead atoms. The van der Waals surface area contributed by atoms with E-state index in [1.165, 1.54) is 18.2 Å². The summed E-state index contributed by atoms with van der Waals surface area (Å²) in [5, 5.41) is 23.4. The van der Waals surface area contributed by atoms with E-state index in [0.29, 0.717) is 11.4 Å². The number of pyridine rings is 1. The Labute approximate surface area is 247 Å². The number of nitrogens with one attached hydrogen (secondary N) is 1. The van der Waals surface area contributed by atoms with Gasteiger partial charge in [0.05, 0.1) is 34.3 Å². The summed E-state index contributed by atoms with van der Waals surface area (Å²) in [5.41, 5.74) is 10.2. The quantitative estimate of drug-likeness (QED) is 0.128. The van der Waals surface area contributed by atoms with Crippen molar-refractivity contribution in [3.63, 3.8) is 0 Å². The number of thiophene rings is 1. The van der Waals surface area contributed by atoms with E-state index < -0.39 is 18.0 Å². The van der Waals surface area contributed by atoms with Gasteiger partial charge in [0.2, 0.25) is 0 Å². The number of nitrogens with two attached hydrogens (primary N) is 1. The second kappa shape index (κ2) is 12.4. The molecule has 0 spiro atoms. The predicted molar refractivity (Wildman–Crippen MR) is 166 cm³/mol. The Morgan fingerprint density at radius 1 is 0.976 bits per heavy atom. The number of para-hydroxylation sites is 2. The van der Waals surface area contributed by atoms with Crippen LogP contribution in [0.25, 0.3) is 10.4 Å². The highest BCUT2D eigenvalue weighted by molar-refractivity contribution is 7.19. The normalized spacial score (nSPS) is 15.3. The summed E-state index contributed by atoms with van der Waals surface area (Å²) in [5.74, 6) is -2.26. The van der Waals surface area contributed by atoms with Crippen LogP contribution in [0.15, 0.2) is 138 Å². The van der Waals surface area contributed by atoms with Gasteiger partial charge in [-0.25, -0.2) is 9.59 Å². The third-order valence-corrected chi connectivity index (χ3v) is 7.73. The third kappa shape index (κ3) is 6.16. The zero-order valence-corrected chi connectivity index (χ0v) is 23.5. The molecule has 2 aromatic carbocycles. The van der Waals surface area contributed by atoms with Gasteiger partial charge < -0.3 is 26.2 Å². The van der Waals surface area contributed by atoms with E-state index >= 15 is 0 Å². The highest BCUT2D eigenvalue weighted by Crippen LogP contribution is 2.41. The molecule has 4 aromatic rings. The molecule has 5 N–H and O–H groups in total. The Kier molecular flexibility index (Phi) is 8.31. The van der Waals surface area contributed by atoms with Gasteiger partial charge in [0, 0.05) is 22.4 Å². The molecule has 1 aliphatic rings. The first-order valence-electron chi connectivity index (χ1n) is 13.1. The van der Waals surface area contributed by atoms with E-state index in [9.17, 15) is 19.8 Å². The number of nitrogens with zero attached hydrogens (tertiary/aromatic N) is 2. The second-order valence-electron chi connectivity index (χ2n) is 9.37. The molecule has 0 saturated heterocycles. The Morgan fingerprint density at radius 2 is 1.64 bits per heavy atom. The molecule has 8 nitrogen and oxygen atoms in total. The zero-order chi connectivity index (χ0) is 29.6. The van der Waals surface area contributed by atoms with Gasteiger partial charge in [-0.2, -0.15) is 0 Å². The van der Waals surface area contributed by atoms with Crippen LogP contribution < -0.4 is 16.0 Å². The maximum Gasteiger partial charge on any atom is 0.335 e. The molecule has 2 aromatic heterocycles. The van der Waals surface area contributed by atoms with Crippen molar-refractivity contribution in [2.75, 3.05) is 4.90 Å². The smallest absolute Gasteiger partial charge is 0.335 e. The van der Waals surface area contributed by atoms with Crippen LogP contribution >= 0.6 is 11.3 Å². The highest BCUT2D eigenvalue weighted by atomic mass is 32.1. The van der Waals surface area contributed by atoms with Crippen LogP contribution in [0.3, 0.4) is 0 Å². The van der Waals surface area contributed by atoms with Crippen molar-refractivity contribution in [1.82, 2.24) is 10.3 Å². The molecular formula is C33H28N4O4S. The first-order chi connectivity index (χ1) is 20.3. The van der Waals surface area contributed by atoms with Crippen molar-refractivity contribution in [2.24, 2.45) is 5.73 Å². The van der Waals surface area contributed by atoms with Crippen molar-refractivity contribution in [1.29, 1.82) is 0 Å². The molecule has 42 heavy (non-hydrogen) atoms. The molecule has 0 amide bonds. The number of rotatable bonds is 9. The SMILES string of the molecule is C/C=C(\C=C(/N)C1=CC(C(=O)O)=CC(c2cc(-c3ccc(N(c4ccccc4)c4ccccc4)s3)ccn2)N1)C(=O)O. The van der Waals surface area contributed by atoms with E-state index in [-0.39, 0.29) is 16.8 Å². The summed E-state index contributed by atoms with van der Waals surface area (Å²) in [4.78, 5) is 31.1. The minimum Gasteiger partial charge on any atom is -0.478 e. The second-order valence-corrected chi connectivity index (χ2v) is 10.4. The molecule has 0 saturated carbocycles. The number of anilines is 3. The maximum absolute atomic E-state index is 11.9.